The van der Waals surface area contributed by atoms with Crippen molar-refractivity contribution in [2.75, 3.05) is 17.7 Å². The first-order chi connectivity index (χ1) is 9.55. The van der Waals surface area contributed by atoms with E-state index < -0.39 is 0 Å². The Kier molecular flexibility index (Phi) is 6.29. The predicted molar refractivity (Wildman–Crippen MR) is 79.4 cm³/mol. The second-order valence-electron chi connectivity index (χ2n) is 4.33. The number of hydrogen-bond acceptors (Lipinski definition) is 4. The molecule has 0 aliphatic carbocycles. The van der Waals surface area contributed by atoms with Crippen LogP contribution < -0.4 is 10.6 Å². The summed E-state index contributed by atoms with van der Waals surface area (Å²) >= 11 is 0. The molecule has 5 heteroatoms. The maximum absolute atomic E-state index is 11.3. The van der Waals surface area contributed by atoms with E-state index in [2.05, 4.69) is 15.4 Å². The molecule has 0 spiro atoms. The van der Waals surface area contributed by atoms with Crippen molar-refractivity contribution in [2.45, 2.75) is 26.7 Å². The molecule has 0 saturated heterocycles. The zero-order valence-electron chi connectivity index (χ0n) is 12.0. The average molecular weight is 276 g/mol. The van der Waals surface area contributed by atoms with Crippen LogP contribution in [0.2, 0.25) is 0 Å². The third kappa shape index (κ3) is 5.56. The van der Waals surface area contributed by atoms with E-state index in [9.17, 15) is 9.59 Å². The molecule has 5 nitrogen and oxygen atoms in total. The molecule has 2 N–H and O–H groups in total. The fourth-order valence-electron chi connectivity index (χ4n) is 1.67. The van der Waals surface area contributed by atoms with Gasteiger partial charge in [-0.1, -0.05) is 13.3 Å². The Balaban J connectivity index is 2.76. The highest BCUT2D eigenvalue weighted by Crippen LogP contribution is 2.17. The number of amides is 1. The first kappa shape index (κ1) is 15.8. The van der Waals surface area contributed by atoms with Crippen LogP contribution in [-0.4, -0.2) is 19.0 Å². The Bertz CT molecular complexity index is 492. The van der Waals surface area contributed by atoms with Crippen LogP contribution in [0.4, 0.5) is 11.4 Å². The summed E-state index contributed by atoms with van der Waals surface area (Å²) in [5, 5.41) is 5.87. The third-order valence-corrected chi connectivity index (χ3v) is 2.52. The number of hydrogen-bond donors (Lipinski definition) is 2. The molecular formula is C15H20N2O3. The molecule has 1 amide bonds. The Labute approximate surface area is 119 Å². The fourth-order valence-corrected chi connectivity index (χ4v) is 1.67. The van der Waals surface area contributed by atoms with Gasteiger partial charge < -0.3 is 15.4 Å². The minimum absolute atomic E-state index is 0.108. The van der Waals surface area contributed by atoms with E-state index in [-0.39, 0.29) is 11.9 Å². The minimum atomic E-state index is -0.379. The van der Waals surface area contributed by atoms with Gasteiger partial charge in [-0.15, -0.1) is 0 Å². The van der Waals surface area contributed by atoms with Gasteiger partial charge >= 0.3 is 5.97 Å². The van der Waals surface area contributed by atoms with Crippen molar-refractivity contribution in [3.05, 3.63) is 36.0 Å². The second kappa shape index (κ2) is 7.99. The molecule has 0 atom stereocenters. The summed E-state index contributed by atoms with van der Waals surface area (Å²) in [5.41, 5.74) is 2.38. The van der Waals surface area contributed by atoms with Crippen LogP contribution in [0.15, 0.2) is 36.0 Å². The highest BCUT2D eigenvalue weighted by molar-refractivity contribution is 5.88. The summed E-state index contributed by atoms with van der Waals surface area (Å²) in [6.45, 7) is 3.50. The molecule has 0 unspecified atom stereocenters. The van der Waals surface area contributed by atoms with Gasteiger partial charge in [0.25, 0.3) is 0 Å². The van der Waals surface area contributed by atoms with Gasteiger partial charge in [0.2, 0.25) is 5.91 Å². The Morgan fingerprint density at radius 2 is 1.70 bits per heavy atom. The summed E-state index contributed by atoms with van der Waals surface area (Å²) < 4.78 is 4.62. The molecule has 0 bridgehead atoms. The highest BCUT2D eigenvalue weighted by atomic mass is 16.5. The first-order valence-electron chi connectivity index (χ1n) is 6.48. The molecule has 20 heavy (non-hydrogen) atoms. The number of methoxy groups -OCH3 is 1. The van der Waals surface area contributed by atoms with Gasteiger partial charge in [-0.2, -0.15) is 0 Å². The zero-order valence-corrected chi connectivity index (χ0v) is 12.0. The summed E-state index contributed by atoms with van der Waals surface area (Å²) in [6.07, 6.45) is 3.12. The molecule has 1 aromatic rings. The number of ether oxygens (including phenoxy) is 1. The van der Waals surface area contributed by atoms with E-state index >= 15 is 0 Å². The molecule has 108 valence electrons. The lowest BCUT2D eigenvalue weighted by Gasteiger charge is -2.11. The van der Waals surface area contributed by atoms with E-state index in [0.29, 0.717) is 0 Å². The van der Waals surface area contributed by atoms with Crippen molar-refractivity contribution < 1.29 is 14.3 Å². The summed E-state index contributed by atoms with van der Waals surface area (Å²) in [4.78, 5) is 22.2. The molecule has 0 aliphatic rings. The average Bonchev–Trinajstić information content (AvgIpc) is 2.40. The molecule has 0 aliphatic heterocycles. The maximum Gasteiger partial charge on any atom is 0.332 e. The van der Waals surface area contributed by atoms with Crippen LogP contribution in [0.3, 0.4) is 0 Å². The largest absolute Gasteiger partial charge is 0.466 e. The van der Waals surface area contributed by atoms with Crippen LogP contribution in [0, 0.1) is 0 Å². The third-order valence-electron chi connectivity index (χ3n) is 2.52. The number of nitrogens with one attached hydrogen (secondary N) is 2. The van der Waals surface area contributed by atoms with Crippen molar-refractivity contribution in [2.24, 2.45) is 0 Å². The van der Waals surface area contributed by atoms with Crippen molar-refractivity contribution >= 4 is 23.3 Å². The highest BCUT2D eigenvalue weighted by Gasteiger charge is 2.03. The number of allylic oxidation sites excluding steroid dienone is 1. The van der Waals surface area contributed by atoms with Crippen molar-refractivity contribution in [3.63, 3.8) is 0 Å². The van der Waals surface area contributed by atoms with Crippen LogP contribution in [0.1, 0.15) is 26.7 Å². The van der Waals surface area contributed by atoms with Crippen LogP contribution >= 0.6 is 0 Å². The number of esters is 1. The van der Waals surface area contributed by atoms with Crippen LogP contribution in [0.5, 0.6) is 0 Å². The zero-order chi connectivity index (χ0) is 15.0. The monoisotopic (exact) mass is 276 g/mol. The topological polar surface area (TPSA) is 67.4 Å². The quantitative estimate of drug-likeness (QED) is 0.619. The van der Waals surface area contributed by atoms with Gasteiger partial charge in [0.15, 0.2) is 0 Å². The lowest BCUT2D eigenvalue weighted by molar-refractivity contribution is -0.134. The molecule has 0 heterocycles. The molecule has 0 fully saturated rings. The van der Waals surface area contributed by atoms with Gasteiger partial charge in [-0.3, -0.25) is 4.79 Å². The lowest BCUT2D eigenvalue weighted by Crippen LogP contribution is -2.06. The molecular weight excluding hydrogens is 256 g/mol. The van der Waals surface area contributed by atoms with Gasteiger partial charge in [0, 0.05) is 30.1 Å². The molecule has 0 radical (unpaired) electrons. The number of benzene rings is 1. The van der Waals surface area contributed by atoms with E-state index in [0.717, 1.165) is 29.9 Å². The first-order valence-corrected chi connectivity index (χ1v) is 6.48. The van der Waals surface area contributed by atoms with Crippen molar-refractivity contribution in [1.29, 1.82) is 0 Å². The summed E-state index contributed by atoms with van der Waals surface area (Å²) in [5.74, 6) is -0.487. The Morgan fingerprint density at radius 1 is 1.15 bits per heavy atom. The maximum atomic E-state index is 11.3. The summed E-state index contributed by atoms with van der Waals surface area (Å²) in [6, 6.07) is 7.27. The Hall–Kier alpha value is -2.30. The number of carbonyl (C=O) groups excluding carboxylic acids is 2. The predicted octanol–water partition coefficient (Wildman–Crippen LogP) is 2.91. The van der Waals surface area contributed by atoms with Crippen LogP contribution in [-0.2, 0) is 14.3 Å². The fraction of sp³-hybridized carbons (Fsp3) is 0.333. The van der Waals surface area contributed by atoms with E-state index in [1.807, 2.05) is 19.1 Å². The summed E-state index contributed by atoms with van der Waals surface area (Å²) in [7, 11) is 1.35. The molecule has 1 rings (SSSR count). The number of anilines is 2. The van der Waals surface area contributed by atoms with E-state index in [4.69, 9.17) is 0 Å². The number of carbonyl (C=O) groups is 2. The van der Waals surface area contributed by atoms with E-state index in [1.165, 1.54) is 20.1 Å². The lowest BCUT2D eigenvalue weighted by atomic mass is 10.2. The number of rotatable bonds is 6. The smallest absolute Gasteiger partial charge is 0.332 e. The van der Waals surface area contributed by atoms with Crippen molar-refractivity contribution in [1.82, 2.24) is 0 Å². The van der Waals surface area contributed by atoms with Gasteiger partial charge in [0.05, 0.1) is 7.11 Å². The molecule has 0 aromatic heterocycles. The van der Waals surface area contributed by atoms with Crippen molar-refractivity contribution in [3.8, 4) is 0 Å². The minimum Gasteiger partial charge on any atom is -0.466 e. The van der Waals surface area contributed by atoms with E-state index in [1.54, 1.807) is 12.1 Å². The Morgan fingerprint density at radius 3 is 2.15 bits per heavy atom. The normalized spacial score (nSPS) is 10.8. The van der Waals surface area contributed by atoms with Gasteiger partial charge in [-0.25, -0.2) is 4.79 Å². The standard InChI is InChI=1S/C15H20N2O3/c1-4-5-14(10-15(19)20-3)17-13-8-6-12(7-9-13)16-11(2)18/h6-10,17H,4-5H2,1-3H3,(H,16,18)/b14-10+. The SMILES string of the molecule is CCC/C(=C\C(=O)OC)Nc1ccc(NC(C)=O)cc1. The molecule has 1 aromatic carbocycles. The van der Waals surface area contributed by atoms with Gasteiger partial charge in [0.1, 0.15) is 0 Å². The van der Waals surface area contributed by atoms with Gasteiger partial charge in [-0.05, 0) is 30.7 Å². The van der Waals surface area contributed by atoms with Crippen LogP contribution in [0.25, 0.3) is 0 Å². The second-order valence-corrected chi connectivity index (χ2v) is 4.33. The molecule has 0 saturated carbocycles.